The topological polar surface area (TPSA) is 75.7 Å². The molecule has 0 heterocycles. The molecule has 2 rings (SSSR count). The number of benzene rings is 1. The molecule has 0 radical (unpaired) electrons. The molecule has 4 heteroatoms. The number of aliphatic hydroxyl groups excluding tert-OH is 1. The van der Waals surface area contributed by atoms with Crippen LogP contribution in [-0.4, -0.2) is 23.9 Å². The average Bonchev–Trinajstić information content (AvgIpc) is 2.39. The quantitative estimate of drug-likeness (QED) is 0.740. The molecule has 0 aromatic heterocycles. The van der Waals surface area contributed by atoms with Crippen LogP contribution in [0.15, 0.2) is 6.07 Å². The third-order valence-corrected chi connectivity index (χ3v) is 3.41. The van der Waals surface area contributed by atoms with E-state index in [4.69, 9.17) is 10.5 Å². The van der Waals surface area contributed by atoms with Gasteiger partial charge in [-0.2, -0.15) is 0 Å². The van der Waals surface area contributed by atoms with E-state index in [1.807, 2.05) is 0 Å². The van der Waals surface area contributed by atoms with Crippen molar-refractivity contribution in [2.75, 3.05) is 13.7 Å². The number of ether oxygens (including phenoxy) is 1. The highest BCUT2D eigenvalue weighted by molar-refractivity contribution is 5.54. The SMILES string of the molecule is COc1cc(C(O)CN)c(O)c2c1CCCC2. The molecule has 17 heavy (non-hydrogen) atoms. The second kappa shape index (κ2) is 4.94. The van der Waals surface area contributed by atoms with Crippen molar-refractivity contribution in [2.45, 2.75) is 31.8 Å². The van der Waals surface area contributed by atoms with Gasteiger partial charge in [-0.1, -0.05) is 0 Å². The molecule has 1 aliphatic rings. The molecule has 0 bridgehead atoms. The van der Waals surface area contributed by atoms with Crippen LogP contribution in [0.5, 0.6) is 11.5 Å². The van der Waals surface area contributed by atoms with Gasteiger partial charge in [-0.3, -0.25) is 0 Å². The van der Waals surface area contributed by atoms with Crippen molar-refractivity contribution >= 4 is 0 Å². The molecule has 0 amide bonds. The van der Waals surface area contributed by atoms with Gasteiger partial charge in [0.05, 0.1) is 13.2 Å². The average molecular weight is 237 g/mol. The van der Waals surface area contributed by atoms with Crippen LogP contribution in [0, 0.1) is 0 Å². The summed E-state index contributed by atoms with van der Waals surface area (Å²) >= 11 is 0. The minimum atomic E-state index is -0.837. The largest absolute Gasteiger partial charge is 0.507 e. The Bertz CT molecular complexity index is 418. The molecule has 1 aliphatic carbocycles. The Labute approximate surface area is 101 Å². The summed E-state index contributed by atoms with van der Waals surface area (Å²) in [5.41, 5.74) is 7.90. The van der Waals surface area contributed by atoms with Crippen molar-refractivity contribution in [3.8, 4) is 11.5 Å². The van der Waals surface area contributed by atoms with E-state index >= 15 is 0 Å². The highest BCUT2D eigenvalue weighted by Crippen LogP contribution is 2.40. The number of fused-ring (bicyclic) bond motifs is 1. The Hall–Kier alpha value is -1.26. The summed E-state index contributed by atoms with van der Waals surface area (Å²) in [4.78, 5) is 0. The molecule has 0 saturated heterocycles. The number of phenolic OH excluding ortho intramolecular Hbond substituents is 1. The fourth-order valence-electron chi connectivity index (χ4n) is 2.47. The van der Waals surface area contributed by atoms with Crippen LogP contribution in [0.2, 0.25) is 0 Å². The first-order chi connectivity index (χ1) is 8.19. The van der Waals surface area contributed by atoms with E-state index in [-0.39, 0.29) is 12.3 Å². The van der Waals surface area contributed by atoms with E-state index in [1.54, 1.807) is 13.2 Å². The number of hydrogen-bond acceptors (Lipinski definition) is 4. The zero-order valence-corrected chi connectivity index (χ0v) is 10.1. The van der Waals surface area contributed by atoms with Crippen molar-refractivity contribution in [2.24, 2.45) is 5.73 Å². The molecule has 1 atom stereocenters. The summed E-state index contributed by atoms with van der Waals surface area (Å²) in [6.45, 7) is 0.0928. The molecular formula is C13H19NO3. The van der Waals surface area contributed by atoms with Gasteiger partial charge in [-0.25, -0.2) is 0 Å². The van der Waals surface area contributed by atoms with Gasteiger partial charge in [0.25, 0.3) is 0 Å². The first-order valence-corrected chi connectivity index (χ1v) is 5.98. The van der Waals surface area contributed by atoms with Gasteiger partial charge >= 0.3 is 0 Å². The fraction of sp³-hybridized carbons (Fsp3) is 0.538. The molecule has 0 fully saturated rings. The Balaban J connectivity index is 2.56. The van der Waals surface area contributed by atoms with Crippen molar-refractivity contribution < 1.29 is 14.9 Å². The maximum atomic E-state index is 10.2. The van der Waals surface area contributed by atoms with E-state index in [1.165, 1.54) is 0 Å². The fourth-order valence-corrected chi connectivity index (χ4v) is 2.47. The van der Waals surface area contributed by atoms with Crippen LogP contribution in [0.25, 0.3) is 0 Å². The van der Waals surface area contributed by atoms with E-state index in [0.29, 0.717) is 5.56 Å². The van der Waals surface area contributed by atoms with Gasteiger partial charge in [0.1, 0.15) is 11.5 Å². The zero-order chi connectivity index (χ0) is 12.4. The monoisotopic (exact) mass is 237 g/mol. The summed E-state index contributed by atoms with van der Waals surface area (Å²) < 4.78 is 5.34. The maximum Gasteiger partial charge on any atom is 0.125 e. The summed E-state index contributed by atoms with van der Waals surface area (Å²) in [5.74, 6) is 0.943. The number of phenols is 1. The molecule has 1 aromatic carbocycles. The third-order valence-electron chi connectivity index (χ3n) is 3.41. The van der Waals surface area contributed by atoms with Crippen LogP contribution in [0.3, 0.4) is 0 Å². The van der Waals surface area contributed by atoms with Gasteiger partial charge in [0, 0.05) is 23.2 Å². The summed E-state index contributed by atoms with van der Waals surface area (Å²) in [6, 6.07) is 1.71. The number of hydrogen-bond donors (Lipinski definition) is 3. The van der Waals surface area contributed by atoms with Gasteiger partial charge < -0.3 is 20.7 Å². The standard InChI is InChI=1S/C13H19NO3/c1-17-12-6-10(11(15)7-14)13(16)9-5-3-2-4-8(9)12/h6,11,15-16H,2-5,7,14H2,1H3. The lowest BCUT2D eigenvalue weighted by molar-refractivity contribution is 0.181. The zero-order valence-electron chi connectivity index (χ0n) is 10.1. The summed E-state index contributed by atoms with van der Waals surface area (Å²) in [7, 11) is 1.61. The van der Waals surface area contributed by atoms with Crippen LogP contribution >= 0.6 is 0 Å². The van der Waals surface area contributed by atoms with E-state index in [2.05, 4.69) is 0 Å². The minimum Gasteiger partial charge on any atom is -0.507 e. The number of aliphatic hydroxyl groups is 1. The normalized spacial score (nSPS) is 16.4. The second-order valence-electron chi connectivity index (χ2n) is 4.43. The van der Waals surface area contributed by atoms with Crippen molar-refractivity contribution in [1.82, 2.24) is 0 Å². The molecule has 0 saturated carbocycles. The number of rotatable bonds is 3. The van der Waals surface area contributed by atoms with Gasteiger partial charge in [0.15, 0.2) is 0 Å². The number of methoxy groups -OCH3 is 1. The van der Waals surface area contributed by atoms with Crippen molar-refractivity contribution in [1.29, 1.82) is 0 Å². The molecule has 94 valence electrons. The lowest BCUT2D eigenvalue weighted by atomic mass is 9.87. The minimum absolute atomic E-state index is 0.0928. The van der Waals surface area contributed by atoms with Gasteiger partial charge in [-0.05, 0) is 31.7 Å². The predicted octanol–water partition coefficient (Wildman–Crippen LogP) is 1.27. The maximum absolute atomic E-state index is 10.2. The summed E-state index contributed by atoms with van der Waals surface area (Å²) in [6.07, 6.45) is 3.09. The van der Waals surface area contributed by atoms with Crippen LogP contribution in [0.1, 0.15) is 35.6 Å². The Morgan fingerprint density at radius 3 is 2.59 bits per heavy atom. The summed E-state index contributed by atoms with van der Waals surface area (Å²) in [5, 5.41) is 20.0. The van der Waals surface area contributed by atoms with Gasteiger partial charge in [-0.15, -0.1) is 0 Å². The number of nitrogens with two attached hydrogens (primary N) is 1. The molecular weight excluding hydrogens is 218 g/mol. The molecule has 1 aromatic rings. The Morgan fingerprint density at radius 1 is 1.35 bits per heavy atom. The van der Waals surface area contributed by atoms with Crippen LogP contribution in [-0.2, 0) is 12.8 Å². The van der Waals surface area contributed by atoms with E-state index in [9.17, 15) is 10.2 Å². The highest BCUT2D eigenvalue weighted by Gasteiger charge is 2.23. The van der Waals surface area contributed by atoms with E-state index in [0.717, 1.165) is 42.6 Å². The highest BCUT2D eigenvalue weighted by atomic mass is 16.5. The van der Waals surface area contributed by atoms with Gasteiger partial charge in [0.2, 0.25) is 0 Å². The third kappa shape index (κ3) is 2.10. The first-order valence-electron chi connectivity index (χ1n) is 5.98. The molecule has 4 N–H and O–H groups in total. The van der Waals surface area contributed by atoms with Crippen molar-refractivity contribution in [3.63, 3.8) is 0 Å². The van der Waals surface area contributed by atoms with Crippen LogP contribution in [0.4, 0.5) is 0 Å². The Kier molecular flexibility index (Phi) is 3.54. The predicted molar refractivity (Wildman–Crippen MR) is 65.3 cm³/mol. The molecule has 4 nitrogen and oxygen atoms in total. The van der Waals surface area contributed by atoms with Crippen molar-refractivity contribution in [3.05, 3.63) is 22.8 Å². The van der Waals surface area contributed by atoms with Crippen LogP contribution < -0.4 is 10.5 Å². The molecule has 0 spiro atoms. The molecule has 0 aliphatic heterocycles. The van der Waals surface area contributed by atoms with E-state index < -0.39 is 6.10 Å². The number of aromatic hydroxyl groups is 1. The lowest BCUT2D eigenvalue weighted by Gasteiger charge is -2.23. The Morgan fingerprint density at radius 2 is 2.00 bits per heavy atom. The lowest BCUT2D eigenvalue weighted by Crippen LogP contribution is -2.14. The molecule has 1 unspecified atom stereocenters. The second-order valence-corrected chi connectivity index (χ2v) is 4.43. The first kappa shape index (κ1) is 12.2. The smallest absolute Gasteiger partial charge is 0.125 e.